The van der Waals surface area contributed by atoms with E-state index in [9.17, 15) is 0 Å². The van der Waals surface area contributed by atoms with Gasteiger partial charge in [0.15, 0.2) is 5.76 Å². The lowest BCUT2D eigenvalue weighted by atomic mass is 10.3. The molecule has 0 unspecified atom stereocenters. The van der Waals surface area contributed by atoms with E-state index in [4.69, 9.17) is 4.42 Å². The van der Waals surface area contributed by atoms with Crippen LogP contribution in [0, 0.1) is 0 Å². The van der Waals surface area contributed by atoms with E-state index < -0.39 is 0 Å². The smallest absolute Gasteiger partial charge is 0.153 e. The van der Waals surface area contributed by atoms with E-state index in [2.05, 4.69) is 22.6 Å². The van der Waals surface area contributed by atoms with Crippen LogP contribution in [0.1, 0.15) is 24.8 Å². The van der Waals surface area contributed by atoms with Gasteiger partial charge in [-0.25, -0.2) is 4.98 Å². The van der Waals surface area contributed by atoms with Crippen LogP contribution in [0.15, 0.2) is 28.2 Å². The van der Waals surface area contributed by atoms with Crippen LogP contribution < -0.4 is 5.32 Å². The van der Waals surface area contributed by atoms with E-state index in [-0.39, 0.29) is 0 Å². The van der Waals surface area contributed by atoms with Gasteiger partial charge in [0.05, 0.1) is 11.3 Å². The lowest BCUT2D eigenvalue weighted by Gasteiger charge is -2.00. The van der Waals surface area contributed by atoms with Crippen molar-refractivity contribution in [1.82, 2.24) is 10.3 Å². The summed E-state index contributed by atoms with van der Waals surface area (Å²) in [5.41, 5.74) is 0.948. The zero-order chi connectivity index (χ0) is 11.9. The molecule has 0 radical (unpaired) electrons. The van der Waals surface area contributed by atoms with Crippen molar-refractivity contribution < 1.29 is 4.42 Å². The number of hydrogen-bond donors (Lipinski definition) is 1. The predicted octanol–water partition coefficient (Wildman–Crippen LogP) is 3.34. The zero-order valence-corrected chi connectivity index (χ0v) is 10.9. The first kappa shape index (κ1) is 12.3. The molecular weight excluding hydrogens is 232 g/mol. The highest BCUT2D eigenvalue weighted by atomic mass is 32.1. The number of thiazole rings is 1. The maximum atomic E-state index is 5.32. The van der Waals surface area contributed by atoms with Crippen LogP contribution in [-0.4, -0.2) is 18.1 Å². The van der Waals surface area contributed by atoms with Crippen molar-refractivity contribution in [2.24, 2.45) is 0 Å². The number of hydrogen-bond acceptors (Lipinski definition) is 4. The largest absolute Gasteiger partial charge is 0.463 e. The monoisotopic (exact) mass is 250 g/mol. The summed E-state index contributed by atoms with van der Waals surface area (Å²) in [6, 6.07) is 3.83. The molecule has 0 aliphatic carbocycles. The molecule has 0 aliphatic heterocycles. The minimum Gasteiger partial charge on any atom is -0.463 e. The van der Waals surface area contributed by atoms with Crippen molar-refractivity contribution in [1.29, 1.82) is 0 Å². The normalized spacial score (nSPS) is 10.9. The molecule has 17 heavy (non-hydrogen) atoms. The first-order chi connectivity index (χ1) is 8.40. The van der Waals surface area contributed by atoms with E-state index in [1.54, 1.807) is 17.6 Å². The first-order valence-corrected chi connectivity index (χ1v) is 6.97. The molecule has 0 atom stereocenters. The van der Waals surface area contributed by atoms with Crippen molar-refractivity contribution in [2.75, 3.05) is 13.1 Å². The first-order valence-electron chi connectivity index (χ1n) is 6.09. The van der Waals surface area contributed by atoms with Crippen LogP contribution in [0.3, 0.4) is 0 Å². The Hall–Kier alpha value is -1.13. The number of nitrogens with zero attached hydrogens (tertiary/aromatic N) is 1. The summed E-state index contributed by atoms with van der Waals surface area (Å²) >= 11 is 1.70. The fourth-order valence-electron chi connectivity index (χ4n) is 1.59. The highest BCUT2D eigenvalue weighted by Gasteiger charge is 2.06. The second-order valence-corrected chi connectivity index (χ2v) is 4.90. The van der Waals surface area contributed by atoms with Gasteiger partial charge in [-0.2, -0.15) is 0 Å². The van der Waals surface area contributed by atoms with Gasteiger partial charge in [0.25, 0.3) is 0 Å². The van der Waals surface area contributed by atoms with Gasteiger partial charge in [0.2, 0.25) is 0 Å². The minimum absolute atomic E-state index is 0.853. The Morgan fingerprint density at radius 1 is 1.41 bits per heavy atom. The van der Waals surface area contributed by atoms with Gasteiger partial charge in [0, 0.05) is 18.3 Å². The van der Waals surface area contributed by atoms with Crippen molar-refractivity contribution in [3.05, 3.63) is 28.8 Å². The van der Waals surface area contributed by atoms with E-state index in [0.29, 0.717) is 0 Å². The molecule has 2 aromatic heterocycles. The third kappa shape index (κ3) is 3.68. The Kier molecular flexibility index (Phi) is 4.76. The van der Waals surface area contributed by atoms with Gasteiger partial charge in [-0.1, -0.05) is 13.3 Å². The van der Waals surface area contributed by atoms with E-state index in [1.807, 2.05) is 12.1 Å². The molecule has 0 saturated heterocycles. The average molecular weight is 250 g/mol. The molecule has 0 saturated carbocycles. The summed E-state index contributed by atoms with van der Waals surface area (Å²) in [6.45, 7) is 4.32. The minimum atomic E-state index is 0.853. The predicted molar refractivity (Wildman–Crippen MR) is 71.3 cm³/mol. The summed E-state index contributed by atoms with van der Waals surface area (Å²) in [4.78, 5) is 4.56. The second-order valence-electron chi connectivity index (χ2n) is 3.96. The van der Waals surface area contributed by atoms with Crippen molar-refractivity contribution >= 4 is 11.3 Å². The molecule has 0 amide bonds. The Bertz CT molecular complexity index is 422. The van der Waals surface area contributed by atoms with Gasteiger partial charge in [-0.05, 0) is 25.1 Å². The summed E-state index contributed by atoms with van der Waals surface area (Å²) in [7, 11) is 0. The summed E-state index contributed by atoms with van der Waals surface area (Å²) in [6.07, 6.45) is 5.16. The highest BCUT2D eigenvalue weighted by molar-refractivity contribution is 7.09. The number of furan rings is 1. The standard InChI is InChI=1S/C13H18N2OS/c1-2-3-7-14-8-6-13-15-11(10-17-13)12-5-4-9-16-12/h4-5,9-10,14H,2-3,6-8H2,1H3. The Balaban J connectivity index is 1.79. The van der Waals surface area contributed by atoms with Crippen LogP contribution in [0.25, 0.3) is 11.5 Å². The van der Waals surface area contributed by atoms with Crippen LogP contribution >= 0.6 is 11.3 Å². The van der Waals surface area contributed by atoms with Gasteiger partial charge in [-0.15, -0.1) is 11.3 Å². The van der Waals surface area contributed by atoms with Gasteiger partial charge < -0.3 is 9.73 Å². The number of aromatic nitrogens is 1. The molecule has 2 rings (SSSR count). The van der Waals surface area contributed by atoms with E-state index in [1.165, 1.54) is 17.8 Å². The molecule has 1 N–H and O–H groups in total. The fraction of sp³-hybridized carbons (Fsp3) is 0.462. The molecule has 2 heterocycles. The number of nitrogens with one attached hydrogen (secondary N) is 1. The highest BCUT2D eigenvalue weighted by Crippen LogP contribution is 2.22. The lowest BCUT2D eigenvalue weighted by molar-refractivity contribution is 0.580. The Labute approximate surface area is 106 Å². The third-order valence-electron chi connectivity index (χ3n) is 2.55. The molecule has 3 nitrogen and oxygen atoms in total. The van der Waals surface area contributed by atoms with Crippen LogP contribution in [0.2, 0.25) is 0 Å². The molecule has 0 spiro atoms. The Morgan fingerprint density at radius 2 is 2.35 bits per heavy atom. The molecular formula is C13H18N2OS. The SMILES string of the molecule is CCCCNCCc1nc(-c2ccco2)cs1. The molecule has 4 heteroatoms. The molecule has 0 bridgehead atoms. The Morgan fingerprint density at radius 3 is 3.12 bits per heavy atom. The fourth-order valence-corrected chi connectivity index (χ4v) is 2.37. The maximum Gasteiger partial charge on any atom is 0.153 e. The molecule has 0 aromatic carbocycles. The van der Waals surface area contributed by atoms with Crippen molar-refractivity contribution in [3.8, 4) is 11.5 Å². The molecule has 0 aliphatic rings. The molecule has 92 valence electrons. The van der Waals surface area contributed by atoms with Crippen LogP contribution in [-0.2, 0) is 6.42 Å². The average Bonchev–Trinajstić information content (AvgIpc) is 2.99. The molecule has 0 fully saturated rings. The summed E-state index contributed by atoms with van der Waals surface area (Å²) in [5.74, 6) is 0.853. The van der Waals surface area contributed by atoms with Crippen molar-refractivity contribution in [3.63, 3.8) is 0 Å². The maximum absolute atomic E-state index is 5.32. The van der Waals surface area contributed by atoms with E-state index >= 15 is 0 Å². The topological polar surface area (TPSA) is 38.1 Å². The third-order valence-corrected chi connectivity index (χ3v) is 3.46. The number of unbranched alkanes of at least 4 members (excludes halogenated alkanes) is 1. The number of rotatable bonds is 7. The summed E-state index contributed by atoms with van der Waals surface area (Å²) in [5, 5.41) is 6.64. The van der Waals surface area contributed by atoms with Gasteiger partial charge >= 0.3 is 0 Å². The van der Waals surface area contributed by atoms with Crippen molar-refractivity contribution in [2.45, 2.75) is 26.2 Å². The van der Waals surface area contributed by atoms with Crippen LogP contribution in [0.5, 0.6) is 0 Å². The molecule has 2 aromatic rings. The lowest BCUT2D eigenvalue weighted by Crippen LogP contribution is -2.18. The van der Waals surface area contributed by atoms with Crippen LogP contribution in [0.4, 0.5) is 0 Å². The quantitative estimate of drug-likeness (QED) is 0.766. The zero-order valence-electron chi connectivity index (χ0n) is 10.1. The summed E-state index contributed by atoms with van der Waals surface area (Å²) < 4.78 is 5.32. The van der Waals surface area contributed by atoms with E-state index in [0.717, 1.165) is 31.0 Å². The second kappa shape index (κ2) is 6.57. The van der Waals surface area contributed by atoms with Gasteiger partial charge in [-0.3, -0.25) is 0 Å². The van der Waals surface area contributed by atoms with Gasteiger partial charge in [0.1, 0.15) is 5.69 Å².